The van der Waals surface area contributed by atoms with Crippen LogP contribution >= 0.6 is 0 Å². The second-order valence-electron chi connectivity index (χ2n) is 7.57. The molecule has 6 rings (SSSR count). The number of nitrogens with zero attached hydrogens (tertiary/aromatic N) is 4. The lowest BCUT2D eigenvalue weighted by atomic mass is 10.2. The van der Waals surface area contributed by atoms with Gasteiger partial charge in [0.1, 0.15) is 29.5 Å². The van der Waals surface area contributed by atoms with Gasteiger partial charge in [-0.15, -0.1) is 0 Å². The maximum Gasteiger partial charge on any atom is 0.154 e. The lowest BCUT2D eigenvalue weighted by Gasteiger charge is -2.15. The summed E-state index contributed by atoms with van der Waals surface area (Å²) in [5, 5.41) is 11.5. The number of aliphatic hydroxyl groups is 1. The molecule has 7 nitrogen and oxygen atoms in total. The number of ether oxygens (including phenoxy) is 1. The molecule has 0 radical (unpaired) electrons. The molecule has 1 aliphatic heterocycles. The highest BCUT2D eigenvalue weighted by molar-refractivity contribution is 6.11. The summed E-state index contributed by atoms with van der Waals surface area (Å²) in [6.07, 6.45) is 4.99. The Labute approximate surface area is 166 Å². The van der Waals surface area contributed by atoms with Crippen LogP contribution < -0.4 is 0 Å². The minimum Gasteiger partial charge on any atom is -0.454 e. The molecule has 0 bridgehead atoms. The fourth-order valence-corrected chi connectivity index (χ4v) is 4.49. The van der Waals surface area contributed by atoms with Crippen LogP contribution in [0.4, 0.5) is 0 Å². The summed E-state index contributed by atoms with van der Waals surface area (Å²) in [5.74, 6) is 0.722. The maximum atomic E-state index is 9.50. The Bertz CT molecular complexity index is 1330. The van der Waals surface area contributed by atoms with Gasteiger partial charge in [-0.2, -0.15) is 0 Å². The molecular weight excluding hydrogens is 368 g/mol. The summed E-state index contributed by atoms with van der Waals surface area (Å²) in [4.78, 5) is 9.22. The van der Waals surface area contributed by atoms with E-state index in [-0.39, 0.29) is 18.9 Å². The van der Waals surface area contributed by atoms with Gasteiger partial charge in [0, 0.05) is 18.6 Å². The number of furan rings is 1. The van der Waals surface area contributed by atoms with E-state index in [1.165, 1.54) is 0 Å². The van der Waals surface area contributed by atoms with Crippen molar-refractivity contribution in [1.82, 2.24) is 19.1 Å². The molecule has 0 spiro atoms. The molecule has 0 saturated carbocycles. The zero-order chi connectivity index (χ0) is 19.5. The summed E-state index contributed by atoms with van der Waals surface area (Å²) in [6, 6.07) is 12.1. The highest BCUT2D eigenvalue weighted by Gasteiger charge is 2.31. The van der Waals surface area contributed by atoms with E-state index in [2.05, 4.69) is 25.2 Å². The molecule has 4 aromatic heterocycles. The van der Waals surface area contributed by atoms with Crippen molar-refractivity contribution in [2.75, 3.05) is 6.61 Å². The molecule has 0 amide bonds. The standard InChI is InChI=1S/C22H20N4O3/c1-25-9-8-15-21(25)19-20(17-10-13-4-2-3-5-16(13)29-17)23-12-24-22(19)26(15)18-7-6-14(11-27)28-18/h2-5,8-10,12,14,18,27H,6-7,11H2,1H3. The average Bonchev–Trinajstić information content (AvgIpc) is 3.50. The first-order chi connectivity index (χ1) is 14.2. The van der Waals surface area contributed by atoms with Crippen LogP contribution in [0, 0.1) is 0 Å². The van der Waals surface area contributed by atoms with Gasteiger partial charge in [-0.1, -0.05) is 18.2 Å². The highest BCUT2D eigenvalue weighted by Crippen LogP contribution is 2.40. The monoisotopic (exact) mass is 388 g/mol. The van der Waals surface area contributed by atoms with Gasteiger partial charge in [-0.05, 0) is 31.0 Å². The molecule has 7 heteroatoms. The number of para-hydroxylation sites is 1. The van der Waals surface area contributed by atoms with Crippen LogP contribution in [0.2, 0.25) is 0 Å². The molecule has 1 aliphatic rings. The molecule has 1 fully saturated rings. The second kappa shape index (κ2) is 6.17. The third-order valence-electron chi connectivity index (χ3n) is 5.84. The van der Waals surface area contributed by atoms with E-state index >= 15 is 0 Å². The fourth-order valence-electron chi connectivity index (χ4n) is 4.49. The summed E-state index contributed by atoms with van der Waals surface area (Å²) in [5.41, 5.74) is 4.52. The van der Waals surface area contributed by atoms with E-state index in [9.17, 15) is 5.11 Å². The molecule has 1 aromatic carbocycles. The van der Waals surface area contributed by atoms with Crippen molar-refractivity contribution in [2.45, 2.75) is 25.2 Å². The van der Waals surface area contributed by atoms with Gasteiger partial charge < -0.3 is 18.8 Å². The van der Waals surface area contributed by atoms with Crippen LogP contribution in [0.25, 0.3) is 44.5 Å². The second-order valence-corrected chi connectivity index (χ2v) is 7.57. The Kier molecular flexibility index (Phi) is 3.57. The summed E-state index contributed by atoms with van der Waals surface area (Å²) in [7, 11) is 2.02. The molecule has 1 saturated heterocycles. The lowest BCUT2D eigenvalue weighted by Crippen LogP contribution is -2.14. The normalized spacial score (nSPS) is 19.8. The molecule has 5 aromatic rings. The number of aromatic nitrogens is 4. The fraction of sp³-hybridized carbons (Fsp3) is 0.273. The molecule has 0 aliphatic carbocycles. The Morgan fingerprint density at radius 2 is 2.07 bits per heavy atom. The SMILES string of the molecule is Cn1ccc2c1c1c(-c3cc4ccccc4o3)ncnc1n2C1CCC(CO)O1. The largest absolute Gasteiger partial charge is 0.454 e. The lowest BCUT2D eigenvalue weighted by molar-refractivity contribution is -0.0185. The number of hydrogen-bond acceptors (Lipinski definition) is 5. The van der Waals surface area contributed by atoms with E-state index in [1.807, 2.05) is 43.6 Å². The number of aryl methyl sites for hydroxylation is 1. The first-order valence-electron chi connectivity index (χ1n) is 9.80. The maximum absolute atomic E-state index is 9.50. The van der Waals surface area contributed by atoms with Gasteiger partial charge in [0.25, 0.3) is 0 Å². The minimum absolute atomic E-state index is 0.0346. The number of rotatable bonds is 3. The van der Waals surface area contributed by atoms with Crippen molar-refractivity contribution in [3.05, 3.63) is 48.9 Å². The number of fused-ring (bicyclic) bond motifs is 4. The Morgan fingerprint density at radius 3 is 2.90 bits per heavy atom. The van der Waals surface area contributed by atoms with Crippen LogP contribution in [0.5, 0.6) is 0 Å². The Balaban J connectivity index is 1.64. The topological polar surface area (TPSA) is 78.2 Å². The zero-order valence-corrected chi connectivity index (χ0v) is 15.9. The van der Waals surface area contributed by atoms with E-state index in [0.29, 0.717) is 0 Å². The van der Waals surface area contributed by atoms with Crippen LogP contribution in [0.1, 0.15) is 19.1 Å². The summed E-state index contributed by atoms with van der Waals surface area (Å²) in [6.45, 7) is 0.0346. The van der Waals surface area contributed by atoms with Gasteiger partial charge in [0.15, 0.2) is 5.76 Å². The summed E-state index contributed by atoms with van der Waals surface area (Å²) < 4.78 is 16.4. The molecule has 5 heterocycles. The van der Waals surface area contributed by atoms with E-state index < -0.39 is 0 Å². The van der Waals surface area contributed by atoms with Gasteiger partial charge in [0.2, 0.25) is 0 Å². The smallest absolute Gasteiger partial charge is 0.154 e. The third kappa shape index (κ3) is 2.38. The van der Waals surface area contributed by atoms with Crippen molar-refractivity contribution in [1.29, 1.82) is 0 Å². The molecule has 29 heavy (non-hydrogen) atoms. The van der Waals surface area contributed by atoms with E-state index in [4.69, 9.17) is 9.15 Å². The number of aliphatic hydroxyl groups excluding tert-OH is 1. The number of benzene rings is 1. The molecule has 1 N–H and O–H groups in total. The third-order valence-corrected chi connectivity index (χ3v) is 5.84. The molecule has 2 unspecified atom stereocenters. The minimum atomic E-state index is -0.159. The average molecular weight is 388 g/mol. The van der Waals surface area contributed by atoms with Crippen molar-refractivity contribution in [3.63, 3.8) is 0 Å². The van der Waals surface area contributed by atoms with Crippen LogP contribution in [0.3, 0.4) is 0 Å². The summed E-state index contributed by atoms with van der Waals surface area (Å²) >= 11 is 0. The van der Waals surface area contributed by atoms with Crippen molar-refractivity contribution in [2.24, 2.45) is 7.05 Å². The van der Waals surface area contributed by atoms with Crippen LogP contribution in [-0.2, 0) is 11.8 Å². The number of hydrogen-bond donors (Lipinski definition) is 1. The van der Waals surface area contributed by atoms with E-state index in [0.717, 1.165) is 57.3 Å². The predicted octanol–water partition coefficient (Wildman–Crippen LogP) is 4.01. The van der Waals surface area contributed by atoms with Crippen LogP contribution in [-0.4, -0.2) is 36.9 Å². The Hall–Kier alpha value is -3.16. The quantitative estimate of drug-likeness (QED) is 0.505. The zero-order valence-electron chi connectivity index (χ0n) is 15.9. The van der Waals surface area contributed by atoms with Gasteiger partial charge in [0.05, 0.1) is 29.1 Å². The highest BCUT2D eigenvalue weighted by atomic mass is 16.5. The van der Waals surface area contributed by atoms with Crippen molar-refractivity contribution in [3.8, 4) is 11.5 Å². The molecular formula is C22H20N4O3. The van der Waals surface area contributed by atoms with Gasteiger partial charge in [-0.3, -0.25) is 4.57 Å². The van der Waals surface area contributed by atoms with Crippen LogP contribution in [0.15, 0.2) is 53.3 Å². The van der Waals surface area contributed by atoms with Crippen molar-refractivity contribution >= 4 is 33.0 Å². The first-order valence-corrected chi connectivity index (χ1v) is 9.80. The predicted molar refractivity (Wildman–Crippen MR) is 109 cm³/mol. The van der Waals surface area contributed by atoms with E-state index in [1.54, 1.807) is 6.33 Å². The Morgan fingerprint density at radius 1 is 1.17 bits per heavy atom. The van der Waals surface area contributed by atoms with Crippen molar-refractivity contribution < 1.29 is 14.3 Å². The van der Waals surface area contributed by atoms with Gasteiger partial charge >= 0.3 is 0 Å². The molecule has 2 atom stereocenters. The molecule has 146 valence electrons. The van der Waals surface area contributed by atoms with Gasteiger partial charge in [-0.25, -0.2) is 9.97 Å². The first kappa shape index (κ1) is 16.8.